The maximum absolute atomic E-state index is 11.8. The first-order chi connectivity index (χ1) is 16.1. The molecule has 3 aromatic rings. The molecular formula is C28H30N2O3. The first-order valence-corrected chi connectivity index (χ1v) is 11.8. The third-order valence-electron chi connectivity index (χ3n) is 7.17. The van der Waals surface area contributed by atoms with Gasteiger partial charge < -0.3 is 9.84 Å². The van der Waals surface area contributed by atoms with Gasteiger partial charge in [0, 0.05) is 24.2 Å². The number of esters is 1. The van der Waals surface area contributed by atoms with E-state index in [1.165, 1.54) is 0 Å². The number of hydrogen-bond acceptors (Lipinski definition) is 5. The van der Waals surface area contributed by atoms with Crippen LogP contribution in [0, 0.1) is 11.8 Å². The normalized spacial score (nSPS) is 25.4. The maximum atomic E-state index is 11.8. The molecule has 0 radical (unpaired) electrons. The SMILES string of the molecule is CCOC(=O)c1ccc(/C=C/[C@H]2CN3CC[C@@H]2C[C@@H]3[C@@H](O)c2ccnc3ccccc23)cc1. The van der Waals surface area contributed by atoms with E-state index in [9.17, 15) is 9.90 Å². The number of benzene rings is 2. The van der Waals surface area contributed by atoms with Crippen molar-refractivity contribution in [3.8, 4) is 0 Å². The molecule has 2 aromatic carbocycles. The van der Waals surface area contributed by atoms with E-state index in [-0.39, 0.29) is 12.0 Å². The summed E-state index contributed by atoms with van der Waals surface area (Å²) in [7, 11) is 0. The van der Waals surface area contributed by atoms with Gasteiger partial charge >= 0.3 is 5.97 Å². The van der Waals surface area contributed by atoms with Crippen LogP contribution in [0.2, 0.25) is 0 Å². The number of rotatable bonds is 6. The summed E-state index contributed by atoms with van der Waals surface area (Å²) in [5.41, 5.74) is 3.57. The molecule has 1 aromatic heterocycles. The smallest absolute Gasteiger partial charge is 0.338 e. The van der Waals surface area contributed by atoms with Crippen LogP contribution < -0.4 is 0 Å². The second kappa shape index (κ2) is 9.46. The zero-order valence-corrected chi connectivity index (χ0v) is 18.9. The average molecular weight is 443 g/mol. The molecule has 5 heteroatoms. The second-order valence-corrected chi connectivity index (χ2v) is 9.07. The molecular weight excluding hydrogens is 412 g/mol. The number of carbonyl (C=O) groups excluding carboxylic acids is 1. The predicted octanol–water partition coefficient (Wildman–Crippen LogP) is 4.87. The van der Waals surface area contributed by atoms with Gasteiger partial charge in [-0.2, -0.15) is 0 Å². The molecule has 3 aliphatic heterocycles. The van der Waals surface area contributed by atoms with Crippen LogP contribution in [0.15, 0.2) is 66.9 Å². The lowest BCUT2D eigenvalue weighted by molar-refractivity contribution is -0.0444. The van der Waals surface area contributed by atoms with Crippen LogP contribution in [-0.4, -0.2) is 46.7 Å². The van der Waals surface area contributed by atoms with Crippen LogP contribution in [-0.2, 0) is 4.74 Å². The Morgan fingerprint density at radius 1 is 1.21 bits per heavy atom. The maximum Gasteiger partial charge on any atom is 0.338 e. The minimum atomic E-state index is -0.513. The van der Waals surface area contributed by atoms with Gasteiger partial charge in [-0.05, 0) is 73.5 Å². The zero-order chi connectivity index (χ0) is 22.8. The third-order valence-corrected chi connectivity index (χ3v) is 7.17. The lowest BCUT2D eigenvalue weighted by Gasteiger charge is -2.50. The van der Waals surface area contributed by atoms with Crippen molar-refractivity contribution in [2.45, 2.75) is 31.9 Å². The van der Waals surface area contributed by atoms with Crippen molar-refractivity contribution in [2.75, 3.05) is 19.7 Å². The van der Waals surface area contributed by atoms with Gasteiger partial charge in [0.1, 0.15) is 0 Å². The number of aliphatic hydroxyl groups excluding tert-OH is 1. The monoisotopic (exact) mass is 442 g/mol. The topological polar surface area (TPSA) is 62.7 Å². The standard InChI is InChI=1S/C28H30N2O3/c1-2-33-28(32)20-10-7-19(8-11-20)9-12-22-18-30-16-14-21(22)17-26(30)27(31)24-13-15-29-25-6-4-3-5-23(24)25/h3-13,15,21-22,26-27,31H,2,14,16-18H2,1H3/b12-9+/t21-,22+,26-,27+/m1/s1. The number of carbonyl (C=O) groups is 1. The quantitative estimate of drug-likeness (QED) is 0.552. The number of pyridine rings is 1. The molecule has 1 unspecified atom stereocenters. The fourth-order valence-corrected chi connectivity index (χ4v) is 5.42. The number of fused-ring (bicyclic) bond motifs is 4. The molecule has 2 bridgehead atoms. The van der Waals surface area contributed by atoms with Gasteiger partial charge in [-0.15, -0.1) is 0 Å². The number of hydrogen-bond donors (Lipinski definition) is 1. The van der Waals surface area contributed by atoms with Gasteiger partial charge in [0.05, 0.1) is 23.8 Å². The molecule has 1 N–H and O–H groups in total. The molecule has 33 heavy (non-hydrogen) atoms. The van der Waals surface area contributed by atoms with Gasteiger partial charge in [0.25, 0.3) is 0 Å². The molecule has 3 saturated heterocycles. The molecule has 5 atom stereocenters. The Morgan fingerprint density at radius 2 is 2.03 bits per heavy atom. The number of nitrogens with zero attached hydrogens (tertiary/aromatic N) is 2. The van der Waals surface area contributed by atoms with E-state index in [2.05, 4.69) is 28.1 Å². The minimum Gasteiger partial charge on any atom is -0.462 e. The van der Waals surface area contributed by atoms with E-state index in [1.807, 2.05) is 55.5 Å². The van der Waals surface area contributed by atoms with Crippen LogP contribution in [0.5, 0.6) is 0 Å². The van der Waals surface area contributed by atoms with E-state index in [4.69, 9.17) is 4.74 Å². The highest BCUT2D eigenvalue weighted by Crippen LogP contribution is 2.42. The summed E-state index contributed by atoms with van der Waals surface area (Å²) in [5.74, 6) is 0.760. The summed E-state index contributed by atoms with van der Waals surface area (Å²) >= 11 is 0. The second-order valence-electron chi connectivity index (χ2n) is 9.07. The van der Waals surface area contributed by atoms with E-state index >= 15 is 0 Å². The van der Waals surface area contributed by atoms with Gasteiger partial charge in [-0.3, -0.25) is 9.88 Å². The fourth-order valence-electron chi connectivity index (χ4n) is 5.42. The molecule has 0 spiro atoms. The number of piperidine rings is 3. The third kappa shape index (κ3) is 4.43. The van der Waals surface area contributed by atoms with Crippen LogP contribution >= 0.6 is 0 Å². The molecule has 3 aliphatic rings. The van der Waals surface area contributed by atoms with Gasteiger partial charge in [0.2, 0.25) is 0 Å². The van der Waals surface area contributed by atoms with Crippen LogP contribution in [0.1, 0.15) is 47.4 Å². The Morgan fingerprint density at radius 3 is 2.79 bits per heavy atom. The summed E-state index contributed by atoms with van der Waals surface area (Å²) in [6.07, 6.45) is 7.91. The van der Waals surface area contributed by atoms with Gasteiger partial charge in [-0.25, -0.2) is 4.79 Å². The van der Waals surface area contributed by atoms with Crippen molar-refractivity contribution >= 4 is 22.9 Å². The van der Waals surface area contributed by atoms with Crippen LogP contribution in [0.3, 0.4) is 0 Å². The summed E-state index contributed by atoms with van der Waals surface area (Å²) in [4.78, 5) is 18.7. The Balaban J connectivity index is 1.27. The van der Waals surface area contributed by atoms with E-state index < -0.39 is 6.10 Å². The van der Waals surface area contributed by atoms with Crippen molar-refractivity contribution in [1.29, 1.82) is 0 Å². The molecule has 170 valence electrons. The van der Waals surface area contributed by atoms with Gasteiger partial charge in [-0.1, -0.05) is 42.5 Å². The minimum absolute atomic E-state index is 0.142. The highest BCUT2D eigenvalue weighted by molar-refractivity contribution is 5.89. The fraction of sp³-hybridized carbons (Fsp3) is 0.357. The molecule has 0 saturated carbocycles. The van der Waals surface area contributed by atoms with Crippen LogP contribution in [0.25, 0.3) is 17.0 Å². The number of para-hydroxylation sites is 1. The number of aromatic nitrogens is 1. The lowest BCUT2D eigenvalue weighted by Crippen LogP contribution is -2.54. The summed E-state index contributed by atoms with van der Waals surface area (Å²) in [6.45, 7) is 4.19. The van der Waals surface area contributed by atoms with Crippen LogP contribution in [0.4, 0.5) is 0 Å². The van der Waals surface area contributed by atoms with Crippen molar-refractivity contribution in [1.82, 2.24) is 9.88 Å². The van der Waals surface area contributed by atoms with Crippen molar-refractivity contribution in [3.63, 3.8) is 0 Å². The average Bonchev–Trinajstić information content (AvgIpc) is 2.87. The number of ether oxygens (including phenoxy) is 1. The van der Waals surface area contributed by atoms with Crippen molar-refractivity contribution < 1.29 is 14.6 Å². The largest absolute Gasteiger partial charge is 0.462 e. The highest BCUT2D eigenvalue weighted by Gasteiger charge is 2.42. The molecule has 0 amide bonds. The lowest BCUT2D eigenvalue weighted by atomic mass is 9.73. The summed E-state index contributed by atoms with van der Waals surface area (Å²) in [5, 5.41) is 12.4. The first-order valence-electron chi connectivity index (χ1n) is 11.8. The summed E-state index contributed by atoms with van der Waals surface area (Å²) < 4.78 is 5.05. The van der Waals surface area contributed by atoms with Crippen molar-refractivity contribution in [2.24, 2.45) is 11.8 Å². The Bertz CT molecular complexity index is 1150. The molecule has 0 aliphatic carbocycles. The molecule has 3 fully saturated rings. The zero-order valence-electron chi connectivity index (χ0n) is 18.9. The molecule has 4 heterocycles. The highest BCUT2D eigenvalue weighted by atomic mass is 16.5. The van der Waals surface area contributed by atoms with E-state index in [0.29, 0.717) is 24.0 Å². The van der Waals surface area contributed by atoms with E-state index in [1.54, 1.807) is 6.20 Å². The number of aliphatic hydroxyl groups is 1. The van der Waals surface area contributed by atoms with E-state index in [0.717, 1.165) is 48.0 Å². The molecule has 6 rings (SSSR count). The van der Waals surface area contributed by atoms with Crippen molar-refractivity contribution in [3.05, 3.63) is 83.6 Å². The van der Waals surface area contributed by atoms with Gasteiger partial charge in [0.15, 0.2) is 0 Å². The Labute approximate surface area is 194 Å². The Hall–Kier alpha value is -3.02. The first kappa shape index (κ1) is 21.8. The molecule has 5 nitrogen and oxygen atoms in total. The Kier molecular flexibility index (Phi) is 6.25. The predicted molar refractivity (Wildman–Crippen MR) is 130 cm³/mol. The summed E-state index contributed by atoms with van der Waals surface area (Å²) in [6, 6.07) is 17.7.